The topological polar surface area (TPSA) is 83.1 Å². The number of carbonyl (C=O) groups excluding carboxylic acids is 1. The molecule has 1 aromatic rings. The molecule has 5 nitrogen and oxygen atoms in total. The van der Waals surface area contributed by atoms with Crippen LogP contribution in [0.1, 0.15) is 23.2 Å². The number of rotatable bonds is 2. The van der Waals surface area contributed by atoms with E-state index in [1.807, 2.05) is 0 Å². The first-order valence-electron chi connectivity index (χ1n) is 7.48. The highest BCUT2D eigenvalue weighted by Gasteiger charge is 2.86. The van der Waals surface area contributed by atoms with E-state index >= 15 is 0 Å². The highest BCUT2D eigenvalue weighted by molar-refractivity contribution is 6.30. The predicted molar refractivity (Wildman–Crippen MR) is 79.2 cm³/mol. The van der Waals surface area contributed by atoms with Crippen LogP contribution < -0.4 is 0 Å². The molecule has 3 aliphatic rings. The van der Waals surface area contributed by atoms with Crippen molar-refractivity contribution in [3.8, 4) is 12.1 Å². The minimum Gasteiger partial charge on any atom is -0.349 e. The monoisotopic (exact) mass is 328 g/mol. The Bertz CT molecular complexity index is 750. The van der Waals surface area contributed by atoms with Gasteiger partial charge in [-0.05, 0) is 37.1 Å². The second-order valence-electron chi connectivity index (χ2n) is 6.34. The normalized spacial score (nSPS) is 36.2. The van der Waals surface area contributed by atoms with E-state index in [9.17, 15) is 15.3 Å². The van der Waals surface area contributed by atoms with Crippen molar-refractivity contribution in [3.05, 3.63) is 34.9 Å². The molecule has 116 valence electrons. The number of ether oxygens (including phenoxy) is 2. The van der Waals surface area contributed by atoms with Crippen LogP contribution in [0.4, 0.5) is 0 Å². The maximum atomic E-state index is 12.9. The van der Waals surface area contributed by atoms with E-state index in [0.29, 0.717) is 30.0 Å². The maximum absolute atomic E-state index is 12.9. The summed E-state index contributed by atoms with van der Waals surface area (Å²) in [5.74, 6) is -0.947. The summed E-state index contributed by atoms with van der Waals surface area (Å²) in [5.41, 5.74) is -1.80. The quantitative estimate of drug-likeness (QED) is 0.779. The second-order valence-corrected chi connectivity index (χ2v) is 6.77. The van der Waals surface area contributed by atoms with Crippen molar-refractivity contribution in [2.24, 2.45) is 16.7 Å². The van der Waals surface area contributed by atoms with E-state index in [1.165, 1.54) is 0 Å². The number of nitrogens with zero attached hydrogens (tertiary/aromatic N) is 2. The summed E-state index contributed by atoms with van der Waals surface area (Å²) in [6.07, 6.45) is 0.647. The van der Waals surface area contributed by atoms with Gasteiger partial charge in [0.25, 0.3) is 0 Å². The summed E-state index contributed by atoms with van der Waals surface area (Å²) in [6, 6.07) is 10.7. The lowest BCUT2D eigenvalue weighted by Gasteiger charge is -2.29. The Morgan fingerprint density at radius 1 is 1.26 bits per heavy atom. The standard InChI is InChI=1S/C17H13ClN2O3/c18-11-3-1-10(2-4-11)13(21)14-16(8-19,9-20)17(14)6-5-12-7-22-15(17)23-12/h1-4,12,14-15H,5-7H2/t12?,14-,15?,17?/m0/s1. The molecule has 1 saturated carbocycles. The number of benzene rings is 1. The van der Waals surface area contributed by atoms with Crippen molar-refractivity contribution in [2.75, 3.05) is 6.61 Å². The van der Waals surface area contributed by atoms with E-state index in [-0.39, 0.29) is 11.9 Å². The molecule has 1 spiro atoms. The van der Waals surface area contributed by atoms with Gasteiger partial charge < -0.3 is 9.47 Å². The highest BCUT2D eigenvalue weighted by atomic mass is 35.5. The lowest BCUT2D eigenvalue weighted by molar-refractivity contribution is -0.140. The summed E-state index contributed by atoms with van der Waals surface area (Å²) in [4.78, 5) is 12.9. The SMILES string of the molecule is N#CC1(C#N)[C@H](C(=O)c2ccc(Cl)cc2)C12CCC1COC2O1. The Labute approximate surface area is 138 Å². The number of ketones is 1. The van der Waals surface area contributed by atoms with Crippen LogP contribution >= 0.6 is 11.6 Å². The van der Waals surface area contributed by atoms with E-state index < -0.39 is 23.0 Å². The smallest absolute Gasteiger partial charge is 0.169 e. The van der Waals surface area contributed by atoms with Crippen molar-refractivity contribution in [3.63, 3.8) is 0 Å². The van der Waals surface area contributed by atoms with Gasteiger partial charge in [0.2, 0.25) is 0 Å². The lowest BCUT2D eigenvalue weighted by Crippen LogP contribution is -2.35. The van der Waals surface area contributed by atoms with Crippen LogP contribution in [0.5, 0.6) is 0 Å². The Balaban J connectivity index is 1.75. The molecule has 0 amide bonds. The third-order valence-corrected chi connectivity index (χ3v) is 5.64. The predicted octanol–water partition coefficient (Wildman–Crippen LogP) is 2.71. The van der Waals surface area contributed by atoms with Crippen LogP contribution in [0.25, 0.3) is 0 Å². The summed E-state index contributed by atoms with van der Waals surface area (Å²) >= 11 is 5.86. The van der Waals surface area contributed by atoms with E-state index in [1.54, 1.807) is 24.3 Å². The third kappa shape index (κ3) is 1.70. The molecule has 4 rings (SSSR count). The molecule has 2 heterocycles. The maximum Gasteiger partial charge on any atom is 0.169 e. The van der Waals surface area contributed by atoms with Crippen LogP contribution in [-0.2, 0) is 9.47 Å². The molecule has 0 N–H and O–H groups in total. The average Bonchev–Trinajstić information content (AvgIpc) is 2.94. The number of hydrogen-bond acceptors (Lipinski definition) is 5. The largest absolute Gasteiger partial charge is 0.349 e. The van der Waals surface area contributed by atoms with E-state index in [2.05, 4.69) is 12.1 Å². The van der Waals surface area contributed by atoms with Gasteiger partial charge in [-0.3, -0.25) is 4.79 Å². The lowest BCUT2D eigenvalue weighted by atomic mass is 9.86. The molecule has 1 aliphatic carbocycles. The number of carbonyl (C=O) groups is 1. The fourth-order valence-corrected chi connectivity index (χ4v) is 4.31. The molecule has 2 bridgehead atoms. The van der Waals surface area contributed by atoms with Gasteiger partial charge in [0.05, 0.1) is 36.2 Å². The molecule has 23 heavy (non-hydrogen) atoms. The van der Waals surface area contributed by atoms with Gasteiger partial charge in [-0.1, -0.05) is 11.6 Å². The highest BCUT2D eigenvalue weighted by Crippen LogP contribution is 2.76. The van der Waals surface area contributed by atoms with Gasteiger partial charge in [-0.25, -0.2) is 0 Å². The number of halogens is 1. The first-order valence-corrected chi connectivity index (χ1v) is 7.86. The fraction of sp³-hybridized carbons (Fsp3) is 0.471. The van der Waals surface area contributed by atoms with E-state index in [4.69, 9.17) is 21.1 Å². The average molecular weight is 329 g/mol. The van der Waals surface area contributed by atoms with Gasteiger partial charge in [0.1, 0.15) is 0 Å². The number of nitriles is 2. The molecule has 1 aromatic carbocycles. The van der Waals surface area contributed by atoms with Crippen molar-refractivity contribution >= 4 is 17.4 Å². The van der Waals surface area contributed by atoms with Crippen LogP contribution in [-0.4, -0.2) is 24.8 Å². The zero-order valence-corrected chi connectivity index (χ0v) is 12.9. The molecule has 2 saturated heterocycles. The summed E-state index contributed by atoms with van der Waals surface area (Å²) < 4.78 is 11.4. The number of Topliss-reactive ketones (excluding diaryl/α,β-unsaturated/α-hetero) is 1. The van der Waals surface area contributed by atoms with E-state index in [0.717, 1.165) is 0 Å². The van der Waals surface area contributed by atoms with Crippen LogP contribution in [0.2, 0.25) is 5.02 Å². The molecule has 3 unspecified atom stereocenters. The minimum atomic E-state index is -1.39. The number of hydrogen-bond donors (Lipinski definition) is 0. The first kappa shape index (κ1) is 14.7. The Morgan fingerprint density at radius 2 is 1.96 bits per heavy atom. The molecule has 0 radical (unpaired) electrons. The summed E-state index contributed by atoms with van der Waals surface area (Å²) in [7, 11) is 0. The zero-order chi connectivity index (χ0) is 16.2. The van der Waals surface area contributed by atoms with Crippen LogP contribution in [0.3, 0.4) is 0 Å². The third-order valence-electron chi connectivity index (χ3n) is 5.39. The van der Waals surface area contributed by atoms with Crippen molar-refractivity contribution in [2.45, 2.75) is 25.2 Å². The zero-order valence-electron chi connectivity index (χ0n) is 12.2. The summed E-state index contributed by atoms with van der Waals surface area (Å²) in [6.45, 7) is 0.460. The van der Waals surface area contributed by atoms with Crippen molar-refractivity contribution in [1.29, 1.82) is 10.5 Å². The molecule has 3 fully saturated rings. The van der Waals surface area contributed by atoms with Gasteiger partial charge >= 0.3 is 0 Å². The van der Waals surface area contributed by atoms with Gasteiger partial charge in [-0.2, -0.15) is 10.5 Å². The first-order chi connectivity index (χ1) is 11.1. The summed E-state index contributed by atoms with van der Waals surface area (Å²) in [5, 5.41) is 19.8. The van der Waals surface area contributed by atoms with Crippen molar-refractivity contribution in [1.82, 2.24) is 0 Å². The second kappa shape index (κ2) is 4.79. The molecule has 6 heteroatoms. The molecular formula is C17H13ClN2O3. The van der Waals surface area contributed by atoms with Gasteiger partial charge in [0, 0.05) is 10.6 Å². The molecule has 0 aromatic heterocycles. The van der Waals surface area contributed by atoms with Crippen LogP contribution in [0.15, 0.2) is 24.3 Å². The molecule has 4 atom stereocenters. The minimum absolute atomic E-state index is 0.00703. The van der Waals surface area contributed by atoms with Crippen LogP contribution in [0, 0.1) is 39.4 Å². The van der Waals surface area contributed by atoms with Crippen molar-refractivity contribution < 1.29 is 14.3 Å². The molecule has 2 aliphatic heterocycles. The number of fused-ring (bicyclic) bond motifs is 3. The van der Waals surface area contributed by atoms with Gasteiger partial charge in [-0.15, -0.1) is 0 Å². The molecular weight excluding hydrogens is 316 g/mol. The van der Waals surface area contributed by atoms with Gasteiger partial charge in [0.15, 0.2) is 17.5 Å². The Hall–Kier alpha value is -1.92. The Kier molecular flexibility index (Phi) is 3.05. The fourth-order valence-electron chi connectivity index (χ4n) is 4.18. The Morgan fingerprint density at radius 3 is 2.61 bits per heavy atom.